The van der Waals surface area contributed by atoms with Gasteiger partial charge >= 0.3 is 6.18 Å². The van der Waals surface area contributed by atoms with Crippen LogP contribution in [0.2, 0.25) is 0 Å². The Morgan fingerprint density at radius 3 is 2.76 bits per heavy atom. The Balaban J connectivity index is 1.97. The van der Waals surface area contributed by atoms with E-state index in [0.717, 1.165) is 22.9 Å². The number of rotatable bonds is 2. The van der Waals surface area contributed by atoms with Gasteiger partial charge in [0.05, 0.1) is 6.54 Å². The lowest BCUT2D eigenvalue weighted by molar-refractivity contribution is -0.126. The monoisotopic (exact) mass is 307 g/mol. The van der Waals surface area contributed by atoms with Crippen molar-refractivity contribution in [2.24, 2.45) is 0 Å². The van der Waals surface area contributed by atoms with E-state index in [1.54, 1.807) is 0 Å². The van der Waals surface area contributed by atoms with Crippen LogP contribution in [0.15, 0.2) is 22.7 Å². The molecule has 2 rings (SSSR count). The maximum absolute atomic E-state index is 12.1. The summed E-state index contributed by atoms with van der Waals surface area (Å²) < 4.78 is 37.3. The van der Waals surface area contributed by atoms with E-state index in [9.17, 15) is 13.2 Å². The second kappa shape index (κ2) is 4.98. The van der Waals surface area contributed by atoms with E-state index in [1.807, 2.05) is 12.1 Å². The van der Waals surface area contributed by atoms with E-state index >= 15 is 0 Å². The normalized spacial score (nSPS) is 20.1. The maximum atomic E-state index is 12.1. The summed E-state index contributed by atoms with van der Waals surface area (Å²) in [6, 6.07) is 5.91. The third-order valence-electron chi connectivity index (χ3n) is 2.99. The molecule has 1 unspecified atom stereocenters. The van der Waals surface area contributed by atoms with Crippen molar-refractivity contribution >= 4 is 15.9 Å². The minimum Gasteiger partial charge on any atom is -0.306 e. The van der Waals surface area contributed by atoms with Crippen LogP contribution in [-0.2, 0) is 12.8 Å². The van der Waals surface area contributed by atoms with E-state index in [2.05, 4.69) is 27.3 Å². The lowest BCUT2D eigenvalue weighted by Crippen LogP contribution is -2.40. The van der Waals surface area contributed by atoms with Gasteiger partial charge in [-0.15, -0.1) is 0 Å². The summed E-state index contributed by atoms with van der Waals surface area (Å²) in [5.74, 6) is 0. The van der Waals surface area contributed by atoms with Gasteiger partial charge in [-0.1, -0.05) is 22.0 Å². The van der Waals surface area contributed by atoms with E-state index in [0.29, 0.717) is 6.42 Å². The summed E-state index contributed by atoms with van der Waals surface area (Å²) in [6.07, 6.45) is -1.84. The summed E-state index contributed by atoms with van der Waals surface area (Å²) in [7, 11) is 0. The summed E-state index contributed by atoms with van der Waals surface area (Å²) in [5, 5.41) is 2.58. The van der Waals surface area contributed by atoms with Crippen molar-refractivity contribution in [3.8, 4) is 0 Å². The van der Waals surface area contributed by atoms with Gasteiger partial charge in [0.25, 0.3) is 0 Å². The second-order valence-corrected chi connectivity index (χ2v) is 5.26. The lowest BCUT2D eigenvalue weighted by atomic mass is 9.88. The van der Waals surface area contributed by atoms with Crippen molar-refractivity contribution in [1.82, 2.24) is 5.32 Å². The van der Waals surface area contributed by atoms with Gasteiger partial charge in [-0.3, -0.25) is 0 Å². The van der Waals surface area contributed by atoms with Gasteiger partial charge in [0.2, 0.25) is 0 Å². The Bertz CT molecular complexity index is 403. The lowest BCUT2D eigenvalue weighted by Gasteiger charge is -2.26. The van der Waals surface area contributed by atoms with Gasteiger partial charge in [0.1, 0.15) is 0 Å². The van der Waals surface area contributed by atoms with Crippen molar-refractivity contribution in [2.45, 2.75) is 31.5 Å². The molecule has 94 valence electrons. The Morgan fingerprint density at radius 1 is 1.29 bits per heavy atom. The van der Waals surface area contributed by atoms with Gasteiger partial charge in [-0.2, -0.15) is 13.2 Å². The van der Waals surface area contributed by atoms with E-state index in [-0.39, 0.29) is 6.04 Å². The fourth-order valence-corrected chi connectivity index (χ4v) is 2.57. The quantitative estimate of drug-likeness (QED) is 0.882. The first-order chi connectivity index (χ1) is 7.94. The molecule has 17 heavy (non-hydrogen) atoms. The number of nitrogens with one attached hydrogen (secondary N) is 1. The summed E-state index contributed by atoms with van der Waals surface area (Å²) in [4.78, 5) is 0. The smallest absolute Gasteiger partial charge is 0.306 e. The fraction of sp³-hybridized carbons (Fsp3) is 0.500. The van der Waals surface area contributed by atoms with Crippen LogP contribution >= 0.6 is 15.9 Å². The van der Waals surface area contributed by atoms with Crippen molar-refractivity contribution in [3.05, 3.63) is 33.8 Å². The summed E-state index contributed by atoms with van der Waals surface area (Å²) in [5.41, 5.74) is 2.39. The Hall–Kier alpha value is -0.550. The topological polar surface area (TPSA) is 12.0 Å². The zero-order valence-corrected chi connectivity index (χ0v) is 10.7. The van der Waals surface area contributed by atoms with Gasteiger partial charge in [0, 0.05) is 10.5 Å². The molecule has 1 aromatic rings. The average molecular weight is 308 g/mol. The number of aryl methyl sites for hydroxylation is 1. The SMILES string of the molecule is FC(F)(F)CNC1CCc2cc(Br)ccc2C1. The van der Waals surface area contributed by atoms with Crippen molar-refractivity contribution < 1.29 is 13.2 Å². The first-order valence-electron chi connectivity index (χ1n) is 5.51. The highest BCUT2D eigenvalue weighted by Gasteiger charge is 2.29. The first kappa shape index (κ1) is 12.9. The minimum atomic E-state index is -4.13. The number of halogens is 4. The third-order valence-corrected chi connectivity index (χ3v) is 3.48. The Kier molecular flexibility index (Phi) is 3.78. The molecule has 1 aromatic carbocycles. The molecule has 0 amide bonds. The Labute approximate surface area is 107 Å². The van der Waals surface area contributed by atoms with Crippen LogP contribution in [0.25, 0.3) is 0 Å². The molecule has 0 fully saturated rings. The Morgan fingerprint density at radius 2 is 2.06 bits per heavy atom. The number of hydrogen-bond acceptors (Lipinski definition) is 1. The molecular weight excluding hydrogens is 295 g/mol. The molecule has 0 radical (unpaired) electrons. The van der Waals surface area contributed by atoms with E-state index < -0.39 is 12.7 Å². The van der Waals surface area contributed by atoms with Crippen LogP contribution in [0, 0.1) is 0 Å². The molecule has 0 spiro atoms. The van der Waals surface area contributed by atoms with Gasteiger partial charge in [-0.05, 0) is 42.5 Å². The molecule has 1 aliphatic carbocycles. The molecule has 0 bridgehead atoms. The molecule has 0 aliphatic heterocycles. The van der Waals surface area contributed by atoms with Gasteiger partial charge in [-0.25, -0.2) is 0 Å². The minimum absolute atomic E-state index is 0.0645. The predicted octanol–water partition coefficient (Wildman–Crippen LogP) is 3.46. The molecule has 0 saturated carbocycles. The molecule has 1 N–H and O–H groups in total. The summed E-state index contributed by atoms with van der Waals surface area (Å²) >= 11 is 3.40. The highest BCUT2D eigenvalue weighted by Crippen LogP contribution is 2.25. The highest BCUT2D eigenvalue weighted by molar-refractivity contribution is 9.10. The van der Waals surface area contributed by atoms with Crippen LogP contribution in [0.5, 0.6) is 0 Å². The van der Waals surface area contributed by atoms with Crippen LogP contribution in [0.4, 0.5) is 13.2 Å². The van der Waals surface area contributed by atoms with Crippen LogP contribution in [0.1, 0.15) is 17.5 Å². The molecule has 1 nitrogen and oxygen atoms in total. The zero-order chi connectivity index (χ0) is 12.5. The molecule has 1 aliphatic rings. The van der Waals surface area contributed by atoms with E-state index in [1.165, 1.54) is 5.56 Å². The highest BCUT2D eigenvalue weighted by atomic mass is 79.9. The zero-order valence-electron chi connectivity index (χ0n) is 9.15. The van der Waals surface area contributed by atoms with Crippen molar-refractivity contribution in [1.29, 1.82) is 0 Å². The van der Waals surface area contributed by atoms with Gasteiger partial charge in [0.15, 0.2) is 0 Å². The predicted molar refractivity (Wildman–Crippen MR) is 64.0 cm³/mol. The third kappa shape index (κ3) is 3.71. The molecule has 0 heterocycles. The number of benzene rings is 1. The molecular formula is C12H13BrF3N. The molecule has 5 heteroatoms. The van der Waals surface area contributed by atoms with Crippen LogP contribution < -0.4 is 5.32 Å². The molecule has 0 aromatic heterocycles. The number of hydrogen-bond donors (Lipinski definition) is 1. The maximum Gasteiger partial charge on any atom is 0.401 e. The second-order valence-electron chi connectivity index (χ2n) is 4.35. The fourth-order valence-electron chi connectivity index (χ4n) is 2.16. The van der Waals surface area contributed by atoms with Crippen molar-refractivity contribution in [3.63, 3.8) is 0 Å². The first-order valence-corrected chi connectivity index (χ1v) is 6.31. The molecule has 0 saturated heterocycles. The van der Waals surface area contributed by atoms with E-state index in [4.69, 9.17) is 0 Å². The largest absolute Gasteiger partial charge is 0.401 e. The van der Waals surface area contributed by atoms with Crippen molar-refractivity contribution in [2.75, 3.05) is 6.54 Å². The van der Waals surface area contributed by atoms with Gasteiger partial charge < -0.3 is 5.32 Å². The average Bonchev–Trinajstić information content (AvgIpc) is 2.25. The number of alkyl halides is 3. The number of fused-ring (bicyclic) bond motifs is 1. The van der Waals surface area contributed by atoms with Crippen LogP contribution in [-0.4, -0.2) is 18.8 Å². The van der Waals surface area contributed by atoms with Crippen LogP contribution in [0.3, 0.4) is 0 Å². The molecule has 1 atom stereocenters. The summed E-state index contributed by atoms with van der Waals surface area (Å²) in [6.45, 7) is -0.899. The standard InChI is InChI=1S/C12H13BrF3N/c13-10-3-1-9-6-11(4-2-8(9)5-10)17-7-12(14,15)16/h1,3,5,11,17H,2,4,6-7H2.